The quantitative estimate of drug-likeness (QED) is 0.456. The van der Waals surface area contributed by atoms with Gasteiger partial charge in [0.1, 0.15) is 12.3 Å². The van der Waals surface area contributed by atoms with Gasteiger partial charge < -0.3 is 14.8 Å². The van der Waals surface area contributed by atoms with Crippen LogP contribution in [0.15, 0.2) is 36.8 Å². The molecule has 2 aromatic heterocycles. The van der Waals surface area contributed by atoms with Crippen LogP contribution in [0.4, 0.5) is 0 Å². The first-order valence-electron chi connectivity index (χ1n) is 10.4. The van der Waals surface area contributed by atoms with Crippen molar-refractivity contribution >= 4 is 20.9 Å². The average Bonchev–Trinajstić information content (AvgIpc) is 3.42. The van der Waals surface area contributed by atoms with E-state index in [1.165, 1.54) is 0 Å². The first-order chi connectivity index (χ1) is 14.3. The molecule has 0 spiro atoms. The summed E-state index contributed by atoms with van der Waals surface area (Å²) in [5.74, 6) is 7.38. The Balaban J connectivity index is 1.49. The number of benzene rings is 1. The Morgan fingerprint density at radius 2 is 2.07 bits per heavy atom. The van der Waals surface area contributed by atoms with Crippen molar-refractivity contribution in [3.05, 3.63) is 42.4 Å². The Morgan fingerprint density at radius 3 is 2.83 bits per heavy atom. The topological polar surface area (TPSA) is 63.1 Å². The maximum atomic E-state index is 10.5. The van der Waals surface area contributed by atoms with Crippen LogP contribution in [-0.4, -0.2) is 56.6 Å². The summed E-state index contributed by atoms with van der Waals surface area (Å²) >= 11 is 0. The Kier molecular flexibility index (Phi) is 5.97. The smallest absolute Gasteiger partial charge is 0.139 e. The van der Waals surface area contributed by atoms with E-state index >= 15 is 0 Å². The van der Waals surface area contributed by atoms with Crippen LogP contribution in [0.1, 0.15) is 31.2 Å². The normalized spacial score (nSPS) is 16.5. The summed E-state index contributed by atoms with van der Waals surface area (Å²) in [6, 6.07) is 6.14. The highest BCUT2D eigenvalue weighted by Crippen LogP contribution is 2.34. The average molecular weight is 426 g/mol. The van der Waals surface area contributed by atoms with Crippen LogP contribution in [0.25, 0.3) is 22.0 Å². The lowest BCUT2D eigenvalue weighted by Crippen LogP contribution is -2.20. The van der Waals surface area contributed by atoms with Gasteiger partial charge in [-0.2, -0.15) is 5.10 Å². The fourth-order valence-electron chi connectivity index (χ4n) is 3.75. The van der Waals surface area contributed by atoms with Crippen LogP contribution >= 0.6 is 10.0 Å². The van der Waals surface area contributed by atoms with Gasteiger partial charge in [0, 0.05) is 45.7 Å². The van der Waals surface area contributed by atoms with Crippen LogP contribution in [-0.2, 0) is 11.5 Å². The Hall–Kier alpha value is -2.20. The first-order valence-corrected chi connectivity index (χ1v) is 13.5. The van der Waals surface area contributed by atoms with Crippen molar-refractivity contribution in [1.82, 2.24) is 14.8 Å². The number of aliphatic hydroxyl groups is 1. The number of fused-ring (bicyclic) bond motifs is 1. The van der Waals surface area contributed by atoms with Gasteiger partial charge in [-0.15, -0.1) is 0 Å². The van der Waals surface area contributed by atoms with Crippen molar-refractivity contribution < 1.29 is 9.84 Å². The number of hydrogen-bond donors (Lipinski definition) is 2. The molecule has 1 fully saturated rings. The molecule has 6 heteroatoms. The van der Waals surface area contributed by atoms with E-state index in [0.29, 0.717) is 6.73 Å². The van der Waals surface area contributed by atoms with Crippen LogP contribution in [0.3, 0.4) is 0 Å². The van der Waals surface area contributed by atoms with E-state index in [2.05, 4.69) is 46.8 Å². The molecule has 1 aliphatic carbocycles. The molecule has 0 aliphatic heterocycles. The summed E-state index contributed by atoms with van der Waals surface area (Å²) < 4.78 is 7.63. The van der Waals surface area contributed by atoms with Gasteiger partial charge in [0.05, 0.1) is 12.8 Å². The van der Waals surface area contributed by atoms with Crippen molar-refractivity contribution in [2.75, 3.05) is 31.1 Å². The standard InChI is InChI=1S/C24H31N3O2S/c1-30(2,3)13-12-29-18-27-17-20(15-26-27)22-16-25-23-7-6-19(14-21(22)23)8-11-24(28)9-4-5-10-24/h6-7,14-17,25,28H,4-5,9-10,12-13,18H2,1-3H3. The van der Waals surface area contributed by atoms with E-state index in [4.69, 9.17) is 4.74 Å². The zero-order valence-corrected chi connectivity index (χ0v) is 18.9. The molecule has 0 saturated heterocycles. The highest BCUT2D eigenvalue weighted by molar-refractivity contribution is 8.32. The molecular weight excluding hydrogens is 394 g/mol. The molecule has 1 aromatic carbocycles. The maximum Gasteiger partial charge on any atom is 0.139 e. The predicted molar refractivity (Wildman–Crippen MR) is 126 cm³/mol. The van der Waals surface area contributed by atoms with E-state index in [0.717, 1.165) is 65.6 Å². The summed E-state index contributed by atoms with van der Waals surface area (Å²) in [6.07, 6.45) is 16.5. The van der Waals surface area contributed by atoms with Crippen LogP contribution in [0.2, 0.25) is 0 Å². The molecule has 0 unspecified atom stereocenters. The van der Waals surface area contributed by atoms with Crippen molar-refractivity contribution in [1.29, 1.82) is 0 Å². The van der Waals surface area contributed by atoms with Gasteiger partial charge in [-0.1, -0.05) is 11.8 Å². The summed E-state index contributed by atoms with van der Waals surface area (Å²) in [5, 5.41) is 16.1. The molecule has 1 aliphatic rings. The van der Waals surface area contributed by atoms with Gasteiger partial charge in [-0.05, 0) is 62.6 Å². The van der Waals surface area contributed by atoms with Gasteiger partial charge in [0.2, 0.25) is 0 Å². The number of aromatic amines is 1. The molecule has 30 heavy (non-hydrogen) atoms. The number of hydrogen-bond acceptors (Lipinski definition) is 3. The van der Waals surface area contributed by atoms with E-state index in [1.807, 2.05) is 35.4 Å². The monoisotopic (exact) mass is 425 g/mol. The Labute approximate surface area is 180 Å². The summed E-state index contributed by atoms with van der Waals surface area (Å²) in [4.78, 5) is 3.33. The summed E-state index contributed by atoms with van der Waals surface area (Å²) in [6.45, 7) is 1.22. The number of rotatable bonds is 6. The largest absolute Gasteiger partial charge is 0.378 e. The van der Waals surface area contributed by atoms with Gasteiger partial charge in [0.25, 0.3) is 0 Å². The summed E-state index contributed by atoms with van der Waals surface area (Å²) in [7, 11) is -0.537. The molecule has 160 valence electrons. The Bertz CT molecular complexity index is 1080. The minimum absolute atomic E-state index is 0.465. The fraction of sp³-hybridized carbons (Fsp3) is 0.458. The second-order valence-electron chi connectivity index (χ2n) is 9.05. The third-order valence-electron chi connectivity index (χ3n) is 5.56. The Morgan fingerprint density at radius 1 is 1.27 bits per heavy atom. The van der Waals surface area contributed by atoms with Crippen molar-refractivity contribution in [2.45, 2.75) is 38.0 Å². The second kappa shape index (κ2) is 8.50. The maximum absolute atomic E-state index is 10.5. The second-order valence-corrected chi connectivity index (χ2v) is 13.6. The van der Waals surface area contributed by atoms with Gasteiger partial charge in [-0.25, -0.2) is 14.7 Å². The van der Waals surface area contributed by atoms with Crippen LogP contribution in [0.5, 0.6) is 0 Å². The molecule has 2 heterocycles. The number of nitrogens with one attached hydrogen (secondary N) is 1. The SMILES string of the molecule is CS(C)(C)CCOCn1cc(-c2c[nH]c3ccc(C#CC4(O)CCCC4)cc23)cn1. The third-order valence-corrected chi connectivity index (χ3v) is 6.95. The van der Waals surface area contributed by atoms with Crippen molar-refractivity contribution in [3.8, 4) is 23.0 Å². The van der Waals surface area contributed by atoms with E-state index in [-0.39, 0.29) is 0 Å². The lowest BCUT2D eigenvalue weighted by molar-refractivity contribution is 0.0809. The third kappa shape index (κ3) is 5.10. The van der Waals surface area contributed by atoms with Crippen LogP contribution in [0, 0.1) is 11.8 Å². The predicted octanol–water partition coefficient (Wildman–Crippen LogP) is 4.36. The number of nitrogens with zero attached hydrogens (tertiary/aromatic N) is 2. The molecule has 1 saturated carbocycles. The van der Waals surface area contributed by atoms with Gasteiger partial charge in [0.15, 0.2) is 0 Å². The molecular formula is C24H31N3O2S. The molecule has 3 aromatic rings. The minimum atomic E-state index is -0.814. The highest BCUT2D eigenvalue weighted by Gasteiger charge is 2.28. The highest BCUT2D eigenvalue weighted by atomic mass is 32.3. The van der Waals surface area contributed by atoms with E-state index in [1.54, 1.807) is 0 Å². The van der Waals surface area contributed by atoms with Gasteiger partial charge >= 0.3 is 0 Å². The molecule has 5 nitrogen and oxygen atoms in total. The zero-order valence-electron chi connectivity index (χ0n) is 18.1. The van der Waals surface area contributed by atoms with E-state index < -0.39 is 15.6 Å². The first kappa shape index (κ1) is 21.0. The molecule has 0 amide bonds. The fourth-order valence-corrected chi connectivity index (χ4v) is 4.37. The van der Waals surface area contributed by atoms with Crippen LogP contribution < -0.4 is 0 Å². The zero-order chi connectivity index (χ0) is 21.2. The minimum Gasteiger partial charge on any atom is -0.378 e. The molecule has 4 rings (SSSR count). The number of aromatic nitrogens is 3. The number of H-pyrrole nitrogens is 1. The lowest BCUT2D eigenvalue weighted by Gasteiger charge is -2.24. The van der Waals surface area contributed by atoms with Gasteiger partial charge in [-0.3, -0.25) is 0 Å². The molecule has 2 N–H and O–H groups in total. The van der Waals surface area contributed by atoms with E-state index in [9.17, 15) is 5.11 Å². The van der Waals surface area contributed by atoms with Crippen molar-refractivity contribution in [3.63, 3.8) is 0 Å². The number of ether oxygens (including phenoxy) is 1. The molecule has 0 bridgehead atoms. The lowest BCUT2D eigenvalue weighted by atomic mass is 10.0. The summed E-state index contributed by atoms with van der Waals surface area (Å²) in [5.41, 5.74) is 3.31. The van der Waals surface area contributed by atoms with Crippen molar-refractivity contribution in [2.24, 2.45) is 0 Å². The molecule has 0 radical (unpaired) electrons. The molecule has 0 atom stereocenters.